The normalized spacial score (nSPS) is 41.6. The molecular weight excluding hydrogens is 836 g/mol. The zero-order chi connectivity index (χ0) is 45.1. The number of phenols is 3. The number of ether oxygens (including phenoxy) is 8. The minimum absolute atomic E-state index is 0.0968. The largest absolute Gasteiger partial charge is 0.508 e. The summed E-state index contributed by atoms with van der Waals surface area (Å²) < 4.78 is 52.2. The molecule has 62 heavy (non-hydrogen) atoms. The Kier molecular flexibility index (Phi) is 13.7. The third-order valence-electron chi connectivity index (χ3n) is 11.3. The molecule has 4 saturated heterocycles. The lowest BCUT2D eigenvalue weighted by atomic mass is 9.96. The van der Waals surface area contributed by atoms with Crippen molar-refractivity contribution in [3.8, 4) is 34.3 Å². The number of phenolic OH excluding ortho intramolecular Hbond substituents is 3. The van der Waals surface area contributed by atoms with Crippen LogP contribution < -0.4 is 10.2 Å². The Morgan fingerprint density at radius 1 is 0.548 bits per heavy atom. The summed E-state index contributed by atoms with van der Waals surface area (Å²) in [5, 5.41) is 138. The van der Waals surface area contributed by atoms with Crippen molar-refractivity contribution < 1.29 is 109 Å². The molecule has 344 valence electrons. The van der Waals surface area contributed by atoms with Crippen LogP contribution in [0.1, 0.15) is 20.8 Å². The quantitative estimate of drug-likeness (QED) is 0.0932. The monoisotopic (exact) mass is 886 g/mol. The van der Waals surface area contributed by atoms with Crippen LogP contribution >= 0.6 is 0 Å². The van der Waals surface area contributed by atoms with Crippen molar-refractivity contribution in [2.75, 3.05) is 6.61 Å². The van der Waals surface area contributed by atoms with Crippen LogP contribution in [0.25, 0.3) is 22.3 Å². The average molecular weight is 887 g/mol. The molecule has 20 unspecified atom stereocenters. The Labute approximate surface area is 350 Å². The molecule has 2 aromatic carbocycles. The van der Waals surface area contributed by atoms with Gasteiger partial charge in [0.25, 0.3) is 0 Å². The van der Waals surface area contributed by atoms with Crippen molar-refractivity contribution in [3.05, 3.63) is 46.6 Å². The number of aliphatic hydroxyl groups excluding tert-OH is 10. The van der Waals surface area contributed by atoms with Crippen molar-refractivity contribution in [2.45, 2.75) is 144 Å². The van der Waals surface area contributed by atoms with E-state index in [2.05, 4.69) is 0 Å². The lowest BCUT2D eigenvalue weighted by Crippen LogP contribution is -2.66. The van der Waals surface area contributed by atoms with Crippen LogP contribution in [0.3, 0.4) is 0 Å². The van der Waals surface area contributed by atoms with Crippen LogP contribution in [0.2, 0.25) is 0 Å². The SMILES string of the molecule is CC1OC(OCC2OC(Oc3c(-c4ccc(O)cc4)oc4cc(O)cc(O)c4c3=O)C(OC3OC(C)C(O)C(OC4OC(C)C(O)C(O)C4O)C3O)C(O)C2O)C(O)C(O)C1O. The van der Waals surface area contributed by atoms with Gasteiger partial charge in [0.05, 0.1) is 24.9 Å². The molecule has 1 aromatic heterocycles. The van der Waals surface area contributed by atoms with Gasteiger partial charge in [0.2, 0.25) is 17.5 Å². The number of hydrogen-bond donors (Lipinski definition) is 13. The van der Waals surface area contributed by atoms with Crippen molar-refractivity contribution in [1.29, 1.82) is 0 Å². The highest BCUT2D eigenvalue weighted by Crippen LogP contribution is 2.39. The fourth-order valence-corrected chi connectivity index (χ4v) is 7.62. The summed E-state index contributed by atoms with van der Waals surface area (Å²) in [4.78, 5) is 14.3. The Hall–Kier alpha value is -3.83. The molecule has 23 heteroatoms. The van der Waals surface area contributed by atoms with E-state index < -0.39 is 157 Å². The smallest absolute Gasteiger partial charge is 0.239 e. The van der Waals surface area contributed by atoms with Gasteiger partial charge in [0, 0.05) is 17.7 Å². The second-order valence-electron chi connectivity index (χ2n) is 15.7. The molecule has 0 amide bonds. The molecule has 0 radical (unpaired) electrons. The van der Waals surface area contributed by atoms with Gasteiger partial charge in [-0.05, 0) is 45.0 Å². The number of rotatable bonds is 10. The van der Waals surface area contributed by atoms with E-state index in [1.54, 1.807) is 0 Å². The zero-order valence-electron chi connectivity index (χ0n) is 33.1. The standard InChI is InChI=1S/C39H50O23/c1-11-21(43)26(48)29(51)36(55-11)54-10-19-24(46)28(50)35(62-38-31(53)33(23(45)13(3)57-38)60-37-30(52)27(49)22(44)12(2)56-37)39(59-19)61-34-25(47)20-17(42)8-16(41)9-18(20)58-32(34)14-4-6-15(40)7-5-14/h4-9,11-13,19,21-24,26-31,33,35-46,48-53H,10H2,1-3H3. The summed E-state index contributed by atoms with van der Waals surface area (Å²) >= 11 is 0. The van der Waals surface area contributed by atoms with Crippen LogP contribution in [0, 0.1) is 0 Å². The molecule has 5 heterocycles. The van der Waals surface area contributed by atoms with E-state index in [1.807, 2.05) is 0 Å². The molecule has 4 aliphatic heterocycles. The first kappa shape index (κ1) is 46.2. The second kappa shape index (κ2) is 18.3. The fraction of sp³-hybridized carbons (Fsp3) is 0.615. The summed E-state index contributed by atoms with van der Waals surface area (Å²) in [6.07, 6.45) is -33.7. The molecule has 0 aliphatic carbocycles. The first-order valence-corrected chi connectivity index (χ1v) is 19.6. The minimum atomic E-state index is -2.10. The molecule has 4 aliphatic rings. The highest BCUT2D eigenvalue weighted by molar-refractivity contribution is 5.88. The van der Waals surface area contributed by atoms with Crippen LogP contribution in [0.15, 0.2) is 45.6 Å². The predicted molar refractivity (Wildman–Crippen MR) is 201 cm³/mol. The Balaban J connectivity index is 1.24. The third kappa shape index (κ3) is 8.83. The van der Waals surface area contributed by atoms with Gasteiger partial charge in [-0.2, -0.15) is 0 Å². The van der Waals surface area contributed by atoms with Crippen LogP contribution in [-0.2, 0) is 33.2 Å². The molecule has 20 atom stereocenters. The summed E-state index contributed by atoms with van der Waals surface area (Å²) in [6, 6.07) is 7.04. The lowest BCUT2D eigenvalue weighted by Gasteiger charge is -2.48. The highest BCUT2D eigenvalue weighted by atomic mass is 16.8. The second-order valence-corrected chi connectivity index (χ2v) is 15.7. The van der Waals surface area contributed by atoms with Gasteiger partial charge >= 0.3 is 0 Å². The van der Waals surface area contributed by atoms with E-state index in [1.165, 1.54) is 45.0 Å². The predicted octanol–water partition coefficient (Wildman–Crippen LogP) is -3.69. The summed E-state index contributed by atoms with van der Waals surface area (Å²) in [5.74, 6) is -2.46. The van der Waals surface area contributed by atoms with Gasteiger partial charge in [-0.3, -0.25) is 4.79 Å². The first-order chi connectivity index (χ1) is 29.3. The lowest BCUT2D eigenvalue weighted by molar-refractivity contribution is -0.378. The number of aromatic hydroxyl groups is 3. The van der Waals surface area contributed by atoms with Gasteiger partial charge in [-0.25, -0.2) is 0 Å². The maximum Gasteiger partial charge on any atom is 0.239 e. The van der Waals surface area contributed by atoms with Crippen molar-refractivity contribution in [3.63, 3.8) is 0 Å². The number of fused-ring (bicyclic) bond motifs is 1. The third-order valence-corrected chi connectivity index (χ3v) is 11.3. The maximum atomic E-state index is 14.3. The van der Waals surface area contributed by atoms with E-state index in [9.17, 15) is 71.2 Å². The van der Waals surface area contributed by atoms with Gasteiger partial charge in [-0.15, -0.1) is 0 Å². The zero-order valence-corrected chi connectivity index (χ0v) is 33.1. The van der Waals surface area contributed by atoms with E-state index in [-0.39, 0.29) is 22.7 Å². The van der Waals surface area contributed by atoms with E-state index in [0.29, 0.717) is 0 Å². The average Bonchev–Trinajstić information content (AvgIpc) is 3.23. The Bertz CT molecular complexity index is 2070. The van der Waals surface area contributed by atoms with Gasteiger partial charge in [-0.1, -0.05) is 0 Å². The number of hydrogen-bond acceptors (Lipinski definition) is 23. The molecule has 0 spiro atoms. The summed E-state index contributed by atoms with van der Waals surface area (Å²) in [5.41, 5.74) is -1.27. The molecule has 13 N–H and O–H groups in total. The Morgan fingerprint density at radius 2 is 1.10 bits per heavy atom. The molecule has 3 aromatic rings. The van der Waals surface area contributed by atoms with Gasteiger partial charge in [0.1, 0.15) is 101 Å². The van der Waals surface area contributed by atoms with Crippen molar-refractivity contribution in [2.24, 2.45) is 0 Å². The number of benzene rings is 2. The number of aliphatic hydroxyl groups is 10. The molecule has 0 saturated carbocycles. The topological polar surface area (TPSA) is 367 Å². The van der Waals surface area contributed by atoms with Crippen molar-refractivity contribution in [1.82, 2.24) is 0 Å². The summed E-state index contributed by atoms with van der Waals surface area (Å²) in [6.45, 7) is 3.40. The molecule has 7 rings (SSSR count). The molecule has 23 nitrogen and oxygen atoms in total. The molecule has 0 bridgehead atoms. The van der Waals surface area contributed by atoms with Crippen LogP contribution in [0.4, 0.5) is 0 Å². The van der Waals surface area contributed by atoms with Crippen molar-refractivity contribution >= 4 is 11.0 Å². The Morgan fingerprint density at radius 3 is 1.73 bits per heavy atom. The van der Waals surface area contributed by atoms with Gasteiger partial charge < -0.3 is 109 Å². The van der Waals surface area contributed by atoms with Crippen LogP contribution in [0.5, 0.6) is 23.0 Å². The highest BCUT2D eigenvalue weighted by Gasteiger charge is 2.54. The van der Waals surface area contributed by atoms with E-state index >= 15 is 0 Å². The minimum Gasteiger partial charge on any atom is -0.508 e. The van der Waals surface area contributed by atoms with E-state index in [4.69, 9.17) is 42.3 Å². The van der Waals surface area contributed by atoms with E-state index in [0.717, 1.165) is 12.1 Å². The molecule has 4 fully saturated rings. The first-order valence-electron chi connectivity index (χ1n) is 19.6. The van der Waals surface area contributed by atoms with Crippen LogP contribution in [-0.4, -0.2) is 196 Å². The van der Waals surface area contributed by atoms with Gasteiger partial charge in [0.15, 0.2) is 30.7 Å². The fourth-order valence-electron chi connectivity index (χ4n) is 7.62. The summed E-state index contributed by atoms with van der Waals surface area (Å²) in [7, 11) is 0. The molecular formula is C39H50O23. The maximum absolute atomic E-state index is 14.3.